The minimum atomic E-state index is -0.492. The highest BCUT2D eigenvalue weighted by molar-refractivity contribution is 7.09. The SMILES string of the molecule is Cc1ccc(NC(=O)Cc2nc(COC(=O)c3ccc(-n4nc(C)cc4C)nc3)cs2)cc1. The highest BCUT2D eigenvalue weighted by Crippen LogP contribution is 2.15. The van der Waals surface area contributed by atoms with E-state index < -0.39 is 5.97 Å². The molecule has 0 atom stereocenters. The molecule has 0 radical (unpaired) electrons. The molecule has 168 valence electrons. The topological polar surface area (TPSA) is 99.0 Å². The zero-order chi connectivity index (χ0) is 23.4. The van der Waals surface area contributed by atoms with Gasteiger partial charge in [-0.05, 0) is 51.1 Å². The van der Waals surface area contributed by atoms with Crippen LogP contribution in [0.15, 0.2) is 54.0 Å². The Balaban J connectivity index is 1.29. The largest absolute Gasteiger partial charge is 0.456 e. The Morgan fingerprint density at radius 3 is 2.55 bits per heavy atom. The van der Waals surface area contributed by atoms with Crippen LogP contribution in [-0.2, 0) is 22.6 Å². The van der Waals surface area contributed by atoms with Crippen LogP contribution in [0.2, 0.25) is 0 Å². The molecular weight excluding hydrogens is 438 g/mol. The van der Waals surface area contributed by atoms with Crippen LogP contribution in [0.4, 0.5) is 5.69 Å². The molecule has 4 aromatic rings. The fraction of sp³-hybridized carbons (Fsp3) is 0.208. The maximum atomic E-state index is 12.4. The summed E-state index contributed by atoms with van der Waals surface area (Å²) < 4.78 is 7.07. The van der Waals surface area contributed by atoms with Crippen molar-refractivity contribution in [3.8, 4) is 5.82 Å². The molecule has 3 aromatic heterocycles. The molecule has 0 bridgehead atoms. The van der Waals surface area contributed by atoms with Gasteiger partial charge >= 0.3 is 5.97 Å². The summed E-state index contributed by atoms with van der Waals surface area (Å²) in [5.74, 6) is -0.00943. The maximum absolute atomic E-state index is 12.4. The van der Waals surface area contributed by atoms with Crippen molar-refractivity contribution in [3.05, 3.63) is 87.3 Å². The van der Waals surface area contributed by atoms with E-state index in [0.29, 0.717) is 22.1 Å². The molecule has 1 N–H and O–H groups in total. The van der Waals surface area contributed by atoms with E-state index in [1.165, 1.54) is 17.5 Å². The van der Waals surface area contributed by atoms with Gasteiger partial charge in [0.05, 0.1) is 23.4 Å². The normalized spacial score (nSPS) is 10.8. The van der Waals surface area contributed by atoms with Crippen LogP contribution >= 0.6 is 11.3 Å². The van der Waals surface area contributed by atoms with Crippen LogP contribution in [0, 0.1) is 20.8 Å². The van der Waals surface area contributed by atoms with Gasteiger partial charge in [-0.15, -0.1) is 11.3 Å². The Bertz CT molecular complexity index is 1280. The molecule has 9 heteroatoms. The lowest BCUT2D eigenvalue weighted by molar-refractivity contribution is -0.115. The smallest absolute Gasteiger partial charge is 0.340 e. The first kappa shape index (κ1) is 22.3. The number of rotatable bonds is 7. The van der Waals surface area contributed by atoms with Gasteiger partial charge in [0, 0.05) is 23.0 Å². The Kier molecular flexibility index (Phi) is 6.60. The zero-order valence-electron chi connectivity index (χ0n) is 18.5. The fourth-order valence-electron chi connectivity index (χ4n) is 3.19. The van der Waals surface area contributed by atoms with Crippen molar-refractivity contribution < 1.29 is 14.3 Å². The number of aromatic nitrogens is 4. The van der Waals surface area contributed by atoms with Gasteiger partial charge in [-0.2, -0.15) is 5.10 Å². The summed E-state index contributed by atoms with van der Waals surface area (Å²) in [6.07, 6.45) is 1.63. The summed E-state index contributed by atoms with van der Waals surface area (Å²) in [6.45, 7) is 5.87. The Morgan fingerprint density at radius 2 is 1.88 bits per heavy atom. The number of aryl methyl sites for hydroxylation is 3. The van der Waals surface area contributed by atoms with Crippen molar-refractivity contribution in [1.29, 1.82) is 0 Å². The van der Waals surface area contributed by atoms with E-state index in [-0.39, 0.29) is 18.9 Å². The standard InChI is InChI=1S/C24H23N5O3S/c1-15-4-7-19(8-5-15)26-22(30)11-23-27-20(14-33-23)13-32-24(31)18-6-9-21(25-12-18)29-17(3)10-16(2)28-29/h4-10,12,14H,11,13H2,1-3H3,(H,26,30). The third kappa shape index (κ3) is 5.69. The number of esters is 1. The predicted molar refractivity (Wildman–Crippen MR) is 126 cm³/mol. The van der Waals surface area contributed by atoms with Crippen molar-refractivity contribution in [3.63, 3.8) is 0 Å². The molecule has 0 saturated carbocycles. The monoisotopic (exact) mass is 461 g/mol. The molecule has 0 saturated heterocycles. The molecule has 33 heavy (non-hydrogen) atoms. The molecule has 0 spiro atoms. The minimum absolute atomic E-state index is 0.0219. The number of nitrogens with one attached hydrogen (secondary N) is 1. The number of pyridine rings is 1. The van der Waals surface area contributed by atoms with Crippen molar-refractivity contribution >= 4 is 28.9 Å². The molecule has 0 aliphatic carbocycles. The van der Waals surface area contributed by atoms with E-state index in [0.717, 1.165) is 22.6 Å². The van der Waals surface area contributed by atoms with E-state index in [9.17, 15) is 9.59 Å². The lowest BCUT2D eigenvalue weighted by atomic mass is 10.2. The number of hydrogen-bond acceptors (Lipinski definition) is 7. The Hall–Kier alpha value is -3.85. The molecule has 4 rings (SSSR count). The molecule has 0 aliphatic rings. The highest BCUT2D eigenvalue weighted by atomic mass is 32.1. The summed E-state index contributed by atoms with van der Waals surface area (Å²) in [5, 5.41) is 9.67. The number of nitrogens with zero attached hydrogens (tertiary/aromatic N) is 4. The first-order valence-corrected chi connectivity index (χ1v) is 11.2. The van der Waals surface area contributed by atoms with Gasteiger partial charge in [0.15, 0.2) is 5.82 Å². The highest BCUT2D eigenvalue weighted by Gasteiger charge is 2.13. The molecule has 0 unspecified atom stereocenters. The Morgan fingerprint density at radius 1 is 1.09 bits per heavy atom. The molecule has 0 fully saturated rings. The molecule has 0 aliphatic heterocycles. The van der Waals surface area contributed by atoms with Gasteiger partial charge in [-0.1, -0.05) is 17.7 Å². The van der Waals surface area contributed by atoms with Crippen molar-refractivity contribution in [2.24, 2.45) is 0 Å². The number of carbonyl (C=O) groups is 2. The lowest BCUT2D eigenvalue weighted by Gasteiger charge is -2.06. The zero-order valence-corrected chi connectivity index (χ0v) is 19.3. The average Bonchev–Trinajstić information content (AvgIpc) is 3.38. The van der Waals surface area contributed by atoms with Gasteiger partial charge in [-0.25, -0.2) is 19.4 Å². The minimum Gasteiger partial charge on any atom is -0.456 e. The van der Waals surface area contributed by atoms with E-state index in [2.05, 4.69) is 20.4 Å². The lowest BCUT2D eigenvalue weighted by Crippen LogP contribution is -2.14. The number of benzene rings is 1. The maximum Gasteiger partial charge on any atom is 0.340 e. The van der Waals surface area contributed by atoms with E-state index in [1.54, 1.807) is 22.2 Å². The number of thiazole rings is 1. The van der Waals surface area contributed by atoms with Gasteiger partial charge in [0.1, 0.15) is 11.6 Å². The van der Waals surface area contributed by atoms with Crippen molar-refractivity contribution in [2.45, 2.75) is 33.8 Å². The average molecular weight is 462 g/mol. The third-order valence-electron chi connectivity index (χ3n) is 4.81. The van der Waals surface area contributed by atoms with Crippen LogP contribution in [0.1, 0.15) is 38.0 Å². The predicted octanol–water partition coefficient (Wildman–Crippen LogP) is 4.19. The van der Waals surface area contributed by atoms with Gasteiger partial charge in [-0.3, -0.25) is 4.79 Å². The second kappa shape index (κ2) is 9.74. The van der Waals surface area contributed by atoms with Crippen molar-refractivity contribution in [2.75, 3.05) is 5.32 Å². The van der Waals surface area contributed by atoms with E-state index >= 15 is 0 Å². The van der Waals surface area contributed by atoms with Crippen LogP contribution < -0.4 is 5.32 Å². The first-order chi connectivity index (χ1) is 15.9. The second-order valence-electron chi connectivity index (χ2n) is 7.64. The molecule has 1 aromatic carbocycles. The summed E-state index contributed by atoms with van der Waals surface area (Å²) in [7, 11) is 0. The number of carbonyl (C=O) groups excluding carboxylic acids is 2. The summed E-state index contributed by atoms with van der Waals surface area (Å²) in [5.41, 5.74) is 4.66. The Labute approximate surface area is 195 Å². The first-order valence-electron chi connectivity index (χ1n) is 10.3. The van der Waals surface area contributed by atoms with Crippen LogP contribution in [0.5, 0.6) is 0 Å². The van der Waals surface area contributed by atoms with Crippen molar-refractivity contribution in [1.82, 2.24) is 19.7 Å². The molecule has 8 nitrogen and oxygen atoms in total. The molecule has 1 amide bonds. The third-order valence-corrected chi connectivity index (χ3v) is 5.71. The van der Waals surface area contributed by atoms with E-state index in [1.807, 2.05) is 51.1 Å². The quantitative estimate of drug-likeness (QED) is 0.415. The second-order valence-corrected chi connectivity index (χ2v) is 8.59. The summed E-state index contributed by atoms with van der Waals surface area (Å²) >= 11 is 1.36. The molecule has 3 heterocycles. The van der Waals surface area contributed by atoms with Crippen LogP contribution in [0.3, 0.4) is 0 Å². The number of amides is 1. The van der Waals surface area contributed by atoms with Crippen LogP contribution in [-0.4, -0.2) is 31.6 Å². The van der Waals surface area contributed by atoms with E-state index in [4.69, 9.17) is 4.74 Å². The summed E-state index contributed by atoms with van der Waals surface area (Å²) in [4.78, 5) is 33.3. The van der Waals surface area contributed by atoms with Gasteiger partial charge in [0.2, 0.25) is 5.91 Å². The fourth-order valence-corrected chi connectivity index (χ4v) is 3.97. The number of ether oxygens (including phenoxy) is 1. The van der Waals surface area contributed by atoms with Crippen LogP contribution in [0.25, 0.3) is 5.82 Å². The van der Waals surface area contributed by atoms with Gasteiger partial charge in [0.25, 0.3) is 0 Å². The number of hydrogen-bond donors (Lipinski definition) is 1. The van der Waals surface area contributed by atoms with Gasteiger partial charge < -0.3 is 10.1 Å². The number of anilines is 1. The summed E-state index contributed by atoms with van der Waals surface area (Å²) in [6, 6.07) is 12.9. The molecular formula is C24H23N5O3S.